The molecule has 0 N–H and O–H groups in total. The minimum Gasteiger partial charge on any atom is -0.358 e. The van der Waals surface area contributed by atoms with Crippen molar-refractivity contribution in [2.45, 2.75) is 64.5 Å². The number of nitrogens with zero attached hydrogens (tertiary/aromatic N) is 1. The van der Waals surface area contributed by atoms with E-state index in [9.17, 15) is 9.59 Å². The standard InChI is InChI=1S/C19H27NO3/c1-2-3-4-5-6-10-15-23-18-14-13-17(21)20(18)19(22)16-11-8-7-9-12-16/h7-9,11-12,18H,2-6,10,13-15H2,1H3. The smallest absolute Gasteiger partial charge is 0.262 e. The van der Waals surface area contributed by atoms with E-state index in [2.05, 4.69) is 6.92 Å². The molecule has 0 saturated carbocycles. The number of benzene rings is 1. The zero-order valence-electron chi connectivity index (χ0n) is 14.0. The zero-order chi connectivity index (χ0) is 16.5. The van der Waals surface area contributed by atoms with E-state index < -0.39 is 6.23 Å². The van der Waals surface area contributed by atoms with Crippen molar-refractivity contribution in [2.24, 2.45) is 0 Å². The molecule has 0 aromatic heterocycles. The van der Waals surface area contributed by atoms with Gasteiger partial charge in [-0.05, 0) is 18.6 Å². The van der Waals surface area contributed by atoms with E-state index in [1.165, 1.54) is 30.6 Å². The highest BCUT2D eigenvalue weighted by Crippen LogP contribution is 2.23. The first-order valence-electron chi connectivity index (χ1n) is 8.77. The van der Waals surface area contributed by atoms with Gasteiger partial charge in [-0.25, -0.2) is 0 Å². The molecule has 0 radical (unpaired) electrons. The lowest BCUT2D eigenvalue weighted by atomic mass is 10.1. The fraction of sp³-hybridized carbons (Fsp3) is 0.579. The molecule has 1 unspecified atom stereocenters. The maximum atomic E-state index is 12.5. The first-order chi connectivity index (χ1) is 11.2. The Balaban J connectivity index is 1.79. The molecule has 1 atom stereocenters. The topological polar surface area (TPSA) is 46.6 Å². The monoisotopic (exact) mass is 317 g/mol. The van der Waals surface area contributed by atoms with Crippen LogP contribution in [0.1, 0.15) is 68.6 Å². The Labute approximate surface area is 138 Å². The van der Waals surface area contributed by atoms with Crippen LogP contribution in [0.5, 0.6) is 0 Å². The molecular formula is C19H27NO3. The number of ether oxygens (including phenoxy) is 1. The maximum Gasteiger partial charge on any atom is 0.262 e. The number of likely N-dealkylation sites (tertiary alicyclic amines) is 1. The molecule has 2 amide bonds. The second-order valence-electron chi connectivity index (χ2n) is 6.07. The Morgan fingerprint density at radius 3 is 2.57 bits per heavy atom. The largest absolute Gasteiger partial charge is 0.358 e. The highest BCUT2D eigenvalue weighted by Gasteiger charge is 2.36. The summed E-state index contributed by atoms with van der Waals surface area (Å²) in [7, 11) is 0. The molecule has 4 heteroatoms. The van der Waals surface area contributed by atoms with Crippen LogP contribution in [-0.2, 0) is 9.53 Å². The van der Waals surface area contributed by atoms with E-state index in [1.54, 1.807) is 24.3 Å². The Kier molecular flexibility index (Phi) is 7.27. The second-order valence-corrected chi connectivity index (χ2v) is 6.07. The number of hydrogen-bond donors (Lipinski definition) is 0. The van der Waals surface area contributed by atoms with Crippen molar-refractivity contribution in [1.82, 2.24) is 4.90 Å². The summed E-state index contributed by atoms with van der Waals surface area (Å²) in [5, 5.41) is 0. The molecule has 23 heavy (non-hydrogen) atoms. The average molecular weight is 317 g/mol. The molecule has 1 aromatic rings. The van der Waals surface area contributed by atoms with Crippen molar-refractivity contribution >= 4 is 11.8 Å². The lowest BCUT2D eigenvalue weighted by molar-refractivity contribution is -0.131. The van der Waals surface area contributed by atoms with Crippen molar-refractivity contribution in [1.29, 1.82) is 0 Å². The van der Waals surface area contributed by atoms with Crippen LogP contribution < -0.4 is 0 Å². The van der Waals surface area contributed by atoms with Crippen LogP contribution in [0.15, 0.2) is 30.3 Å². The predicted octanol–water partition coefficient (Wildman–Crippen LogP) is 4.15. The van der Waals surface area contributed by atoms with E-state index >= 15 is 0 Å². The Hall–Kier alpha value is -1.68. The minimum atomic E-state index is -0.397. The number of carbonyl (C=O) groups excluding carboxylic acids is 2. The molecule has 1 aliphatic heterocycles. The summed E-state index contributed by atoms with van der Waals surface area (Å²) in [6.07, 6.45) is 7.77. The van der Waals surface area contributed by atoms with Crippen LogP contribution in [-0.4, -0.2) is 29.5 Å². The van der Waals surface area contributed by atoms with Crippen molar-refractivity contribution in [2.75, 3.05) is 6.61 Å². The van der Waals surface area contributed by atoms with Crippen molar-refractivity contribution in [3.05, 3.63) is 35.9 Å². The maximum absolute atomic E-state index is 12.5. The molecule has 1 fully saturated rings. The van der Waals surface area contributed by atoms with Gasteiger partial charge in [0, 0.05) is 25.0 Å². The fourth-order valence-corrected chi connectivity index (χ4v) is 2.88. The molecule has 4 nitrogen and oxygen atoms in total. The lowest BCUT2D eigenvalue weighted by Gasteiger charge is -2.23. The van der Waals surface area contributed by atoms with Gasteiger partial charge in [0.25, 0.3) is 5.91 Å². The van der Waals surface area contributed by atoms with Crippen LogP contribution in [0.2, 0.25) is 0 Å². The highest BCUT2D eigenvalue weighted by molar-refractivity contribution is 6.05. The summed E-state index contributed by atoms with van der Waals surface area (Å²) in [6.45, 7) is 2.82. The van der Waals surface area contributed by atoms with Gasteiger partial charge in [-0.2, -0.15) is 0 Å². The molecular weight excluding hydrogens is 290 g/mol. The molecule has 0 bridgehead atoms. The number of unbranched alkanes of at least 4 members (excludes halogenated alkanes) is 5. The third kappa shape index (κ3) is 5.17. The Morgan fingerprint density at radius 2 is 1.83 bits per heavy atom. The second kappa shape index (κ2) is 9.46. The van der Waals surface area contributed by atoms with Crippen molar-refractivity contribution in [3.8, 4) is 0 Å². The first kappa shape index (κ1) is 17.7. The van der Waals surface area contributed by atoms with Gasteiger partial charge in [-0.15, -0.1) is 0 Å². The van der Waals surface area contributed by atoms with E-state index in [1.807, 2.05) is 6.07 Å². The van der Waals surface area contributed by atoms with E-state index in [0.29, 0.717) is 25.0 Å². The number of carbonyl (C=O) groups is 2. The third-order valence-electron chi connectivity index (χ3n) is 4.21. The molecule has 1 heterocycles. The van der Waals surface area contributed by atoms with E-state index in [-0.39, 0.29) is 11.8 Å². The summed E-state index contributed by atoms with van der Waals surface area (Å²) in [5.41, 5.74) is 0.538. The minimum absolute atomic E-state index is 0.133. The van der Waals surface area contributed by atoms with E-state index in [0.717, 1.165) is 12.8 Å². The van der Waals surface area contributed by atoms with Gasteiger partial charge in [0.05, 0.1) is 0 Å². The van der Waals surface area contributed by atoms with E-state index in [4.69, 9.17) is 4.74 Å². The first-order valence-corrected chi connectivity index (χ1v) is 8.77. The average Bonchev–Trinajstić information content (AvgIpc) is 2.95. The molecule has 0 aliphatic carbocycles. The van der Waals surface area contributed by atoms with Crippen molar-refractivity contribution < 1.29 is 14.3 Å². The Morgan fingerprint density at radius 1 is 1.13 bits per heavy atom. The molecule has 0 spiro atoms. The van der Waals surface area contributed by atoms with Crippen LogP contribution >= 0.6 is 0 Å². The third-order valence-corrected chi connectivity index (χ3v) is 4.21. The number of amides is 2. The summed E-state index contributed by atoms with van der Waals surface area (Å²) in [5.74, 6) is -0.382. The quantitative estimate of drug-likeness (QED) is 0.507. The molecule has 1 aromatic carbocycles. The van der Waals surface area contributed by atoms with Gasteiger partial charge in [-0.1, -0.05) is 57.2 Å². The van der Waals surface area contributed by atoms with Crippen LogP contribution in [0.25, 0.3) is 0 Å². The summed E-state index contributed by atoms with van der Waals surface area (Å²) in [4.78, 5) is 25.8. The highest BCUT2D eigenvalue weighted by atomic mass is 16.5. The van der Waals surface area contributed by atoms with Crippen LogP contribution in [0.3, 0.4) is 0 Å². The summed E-state index contributed by atoms with van der Waals surface area (Å²) < 4.78 is 5.82. The molecule has 1 saturated heterocycles. The molecule has 1 aliphatic rings. The SMILES string of the molecule is CCCCCCCCOC1CCC(=O)N1C(=O)c1ccccc1. The number of rotatable bonds is 9. The normalized spacial score (nSPS) is 17.7. The van der Waals surface area contributed by atoms with Gasteiger partial charge >= 0.3 is 0 Å². The van der Waals surface area contributed by atoms with Gasteiger partial charge in [0.1, 0.15) is 6.23 Å². The van der Waals surface area contributed by atoms with Gasteiger partial charge < -0.3 is 4.74 Å². The van der Waals surface area contributed by atoms with Gasteiger partial charge in [0.2, 0.25) is 5.91 Å². The number of imide groups is 1. The van der Waals surface area contributed by atoms with Crippen molar-refractivity contribution in [3.63, 3.8) is 0 Å². The molecule has 126 valence electrons. The lowest BCUT2D eigenvalue weighted by Crippen LogP contribution is -2.40. The Bertz CT molecular complexity index is 501. The molecule has 2 rings (SSSR count). The zero-order valence-corrected chi connectivity index (χ0v) is 14.0. The summed E-state index contributed by atoms with van der Waals surface area (Å²) in [6, 6.07) is 8.94. The van der Waals surface area contributed by atoms with Gasteiger partial charge in [-0.3, -0.25) is 14.5 Å². The van der Waals surface area contributed by atoms with Crippen LogP contribution in [0, 0.1) is 0 Å². The van der Waals surface area contributed by atoms with Crippen LogP contribution in [0.4, 0.5) is 0 Å². The predicted molar refractivity (Wildman–Crippen MR) is 90.0 cm³/mol. The number of hydrogen-bond acceptors (Lipinski definition) is 3. The van der Waals surface area contributed by atoms with Gasteiger partial charge in [0.15, 0.2) is 0 Å². The fourth-order valence-electron chi connectivity index (χ4n) is 2.88. The summed E-state index contributed by atoms with van der Waals surface area (Å²) >= 11 is 0.